The van der Waals surface area contributed by atoms with Crippen LogP contribution in [0.5, 0.6) is 0 Å². The van der Waals surface area contributed by atoms with Crippen molar-refractivity contribution < 1.29 is 0 Å². The van der Waals surface area contributed by atoms with Crippen molar-refractivity contribution in [3.05, 3.63) is 231 Å². The number of fused-ring (bicyclic) bond motifs is 3. The Bertz CT molecular complexity index is 2970. The minimum atomic E-state index is 1.20. The second-order valence-electron chi connectivity index (χ2n) is 14.4. The maximum Gasteiger partial charge on any atom is -0.00987 e. The molecule has 10 aromatic carbocycles. The van der Waals surface area contributed by atoms with Crippen LogP contribution in [0.15, 0.2) is 231 Å². The fourth-order valence-corrected chi connectivity index (χ4v) is 8.35. The molecule has 0 amide bonds. The monoisotopic (exact) mass is 710 g/mol. The van der Waals surface area contributed by atoms with Crippen molar-refractivity contribution in [2.45, 2.75) is 0 Å². The van der Waals surface area contributed by atoms with Gasteiger partial charge in [-0.2, -0.15) is 0 Å². The molecule has 0 atom stereocenters. The maximum atomic E-state index is 2.36. The lowest BCUT2D eigenvalue weighted by Crippen LogP contribution is -1.92. The lowest BCUT2D eigenvalue weighted by atomic mass is 9.85. The third-order valence-electron chi connectivity index (χ3n) is 11.1. The highest BCUT2D eigenvalue weighted by molar-refractivity contribution is 6.13. The van der Waals surface area contributed by atoms with Gasteiger partial charge in [-0.15, -0.1) is 0 Å². The van der Waals surface area contributed by atoms with Crippen LogP contribution in [-0.2, 0) is 0 Å². The number of rotatable bonds is 7. The molecule has 0 saturated carbocycles. The van der Waals surface area contributed by atoms with Crippen molar-refractivity contribution >= 4 is 21.5 Å². The molecule has 10 aromatic rings. The first-order valence-corrected chi connectivity index (χ1v) is 19.3. The summed E-state index contributed by atoms with van der Waals surface area (Å²) >= 11 is 0. The predicted octanol–water partition coefficient (Wildman–Crippen LogP) is 15.7. The Morgan fingerprint density at radius 1 is 0.161 bits per heavy atom. The molecule has 0 heteroatoms. The first-order valence-electron chi connectivity index (χ1n) is 19.3. The molecule has 56 heavy (non-hydrogen) atoms. The number of hydrogen-bond donors (Lipinski definition) is 0. The molecule has 0 spiro atoms. The molecule has 0 aromatic heterocycles. The summed E-state index contributed by atoms with van der Waals surface area (Å²) in [5.41, 5.74) is 17.0. The van der Waals surface area contributed by atoms with E-state index in [9.17, 15) is 0 Å². The summed E-state index contributed by atoms with van der Waals surface area (Å²) in [6, 6.07) is 83.9. The van der Waals surface area contributed by atoms with Gasteiger partial charge in [0.15, 0.2) is 0 Å². The van der Waals surface area contributed by atoms with Crippen LogP contribution in [-0.4, -0.2) is 0 Å². The largest absolute Gasteiger partial charge is 0.0622 e. The van der Waals surface area contributed by atoms with Crippen molar-refractivity contribution in [2.75, 3.05) is 0 Å². The van der Waals surface area contributed by atoms with Crippen LogP contribution in [0, 0.1) is 0 Å². The molecule has 0 bridgehead atoms. The van der Waals surface area contributed by atoms with E-state index in [0.717, 1.165) is 0 Å². The summed E-state index contributed by atoms with van der Waals surface area (Å²) in [5.74, 6) is 0. The molecule has 0 radical (unpaired) electrons. The van der Waals surface area contributed by atoms with E-state index in [1.807, 2.05) is 0 Å². The molecule has 10 rings (SSSR count). The Balaban J connectivity index is 1.05. The van der Waals surface area contributed by atoms with Gasteiger partial charge in [-0.1, -0.05) is 218 Å². The normalized spacial score (nSPS) is 11.2. The van der Waals surface area contributed by atoms with E-state index in [1.165, 1.54) is 99.4 Å². The fraction of sp³-hybridized carbons (Fsp3) is 0. The van der Waals surface area contributed by atoms with Crippen LogP contribution in [0.4, 0.5) is 0 Å². The van der Waals surface area contributed by atoms with Crippen LogP contribution < -0.4 is 0 Å². The Morgan fingerprint density at radius 2 is 0.536 bits per heavy atom. The number of hydrogen-bond acceptors (Lipinski definition) is 0. The summed E-state index contributed by atoms with van der Waals surface area (Å²) < 4.78 is 0. The van der Waals surface area contributed by atoms with E-state index < -0.39 is 0 Å². The zero-order valence-electron chi connectivity index (χ0n) is 30.9. The average molecular weight is 711 g/mol. The van der Waals surface area contributed by atoms with Crippen molar-refractivity contribution in [1.82, 2.24) is 0 Å². The van der Waals surface area contributed by atoms with Crippen LogP contribution in [0.2, 0.25) is 0 Å². The molecular formula is C56H38. The Kier molecular flexibility index (Phi) is 8.63. The van der Waals surface area contributed by atoms with E-state index in [0.29, 0.717) is 0 Å². The second-order valence-corrected chi connectivity index (χ2v) is 14.4. The van der Waals surface area contributed by atoms with Gasteiger partial charge in [0.25, 0.3) is 0 Å². The summed E-state index contributed by atoms with van der Waals surface area (Å²) in [5, 5.41) is 5.11. The first-order chi connectivity index (χ1) is 27.8. The molecule has 0 saturated heterocycles. The molecule has 0 heterocycles. The van der Waals surface area contributed by atoms with E-state index in [4.69, 9.17) is 0 Å². The van der Waals surface area contributed by atoms with Crippen LogP contribution >= 0.6 is 0 Å². The van der Waals surface area contributed by atoms with Crippen molar-refractivity contribution in [2.24, 2.45) is 0 Å². The van der Waals surface area contributed by atoms with Gasteiger partial charge in [0, 0.05) is 0 Å². The van der Waals surface area contributed by atoms with E-state index in [2.05, 4.69) is 231 Å². The van der Waals surface area contributed by atoms with Gasteiger partial charge in [0.2, 0.25) is 0 Å². The summed E-state index contributed by atoms with van der Waals surface area (Å²) in [6.45, 7) is 0. The van der Waals surface area contributed by atoms with Gasteiger partial charge in [0.1, 0.15) is 0 Å². The number of benzene rings is 10. The molecule has 0 aliphatic rings. The Hall–Kier alpha value is -7.28. The Labute approximate surface area is 328 Å². The Morgan fingerprint density at radius 3 is 1.18 bits per heavy atom. The highest BCUT2D eigenvalue weighted by atomic mass is 14.2. The van der Waals surface area contributed by atoms with Gasteiger partial charge in [0.05, 0.1) is 0 Å². The van der Waals surface area contributed by atoms with Gasteiger partial charge in [-0.25, -0.2) is 0 Å². The zero-order valence-corrected chi connectivity index (χ0v) is 30.9. The molecule has 262 valence electrons. The molecule has 0 nitrogen and oxygen atoms in total. The topological polar surface area (TPSA) is 0 Å². The standard InChI is InChI=1S/C56H38/c1-3-15-39(16-4-1)40-27-29-41(30-28-40)45-35-36-54(55(37-45)42-17-5-2-6-18-42)52-25-13-12-24-51(52)49-22-10-9-20-47(49)43-31-33-44(34-32-43)56-38-46-19-7-8-21-48(46)50-23-11-14-26-53(50)56/h1-38H. The van der Waals surface area contributed by atoms with Crippen LogP contribution in [0.25, 0.3) is 99.4 Å². The molecule has 0 aliphatic heterocycles. The fourth-order valence-electron chi connectivity index (χ4n) is 8.35. The van der Waals surface area contributed by atoms with E-state index >= 15 is 0 Å². The van der Waals surface area contributed by atoms with Gasteiger partial charge in [-0.3, -0.25) is 0 Å². The maximum absolute atomic E-state index is 2.36. The molecule has 0 N–H and O–H groups in total. The smallest absolute Gasteiger partial charge is 0.00987 e. The van der Waals surface area contributed by atoms with Gasteiger partial charge >= 0.3 is 0 Å². The SMILES string of the molecule is c1ccc(-c2ccc(-c3ccc(-c4ccccc4-c4ccccc4-c4ccc(-c5cc6ccccc6c6ccccc56)cc4)c(-c4ccccc4)c3)cc2)cc1. The predicted molar refractivity (Wildman–Crippen MR) is 240 cm³/mol. The molecule has 0 fully saturated rings. The van der Waals surface area contributed by atoms with Crippen LogP contribution in [0.3, 0.4) is 0 Å². The van der Waals surface area contributed by atoms with Crippen molar-refractivity contribution in [1.29, 1.82) is 0 Å². The van der Waals surface area contributed by atoms with E-state index in [-0.39, 0.29) is 0 Å². The molecular weight excluding hydrogens is 673 g/mol. The highest BCUT2D eigenvalue weighted by Crippen LogP contribution is 2.43. The summed E-state index contributed by atoms with van der Waals surface area (Å²) in [6.07, 6.45) is 0. The van der Waals surface area contributed by atoms with Gasteiger partial charge in [-0.05, 0) is 112 Å². The zero-order chi connectivity index (χ0) is 37.3. The van der Waals surface area contributed by atoms with Crippen molar-refractivity contribution in [3.63, 3.8) is 0 Å². The third kappa shape index (κ3) is 6.18. The molecule has 0 unspecified atom stereocenters. The van der Waals surface area contributed by atoms with Gasteiger partial charge < -0.3 is 0 Å². The summed E-state index contributed by atoms with van der Waals surface area (Å²) in [4.78, 5) is 0. The quantitative estimate of drug-likeness (QED) is 0.144. The average Bonchev–Trinajstić information content (AvgIpc) is 3.29. The minimum absolute atomic E-state index is 1.20. The second kappa shape index (κ2) is 14.5. The first kappa shape index (κ1) is 33.3. The minimum Gasteiger partial charge on any atom is -0.0622 e. The lowest BCUT2D eigenvalue weighted by molar-refractivity contribution is 1.54. The molecule has 0 aliphatic carbocycles. The van der Waals surface area contributed by atoms with E-state index in [1.54, 1.807) is 0 Å². The third-order valence-corrected chi connectivity index (χ3v) is 11.1. The van der Waals surface area contributed by atoms with Crippen LogP contribution in [0.1, 0.15) is 0 Å². The summed E-state index contributed by atoms with van der Waals surface area (Å²) in [7, 11) is 0. The highest BCUT2D eigenvalue weighted by Gasteiger charge is 2.17. The lowest BCUT2D eigenvalue weighted by Gasteiger charge is -2.18. The van der Waals surface area contributed by atoms with Crippen molar-refractivity contribution in [3.8, 4) is 77.9 Å².